The minimum absolute atomic E-state index is 0.277. The summed E-state index contributed by atoms with van der Waals surface area (Å²) in [6.07, 6.45) is 3.79. The molecule has 3 aromatic rings. The van der Waals surface area contributed by atoms with E-state index in [9.17, 15) is 14.3 Å². The van der Waals surface area contributed by atoms with Crippen LogP contribution in [0, 0.1) is 0 Å². The lowest BCUT2D eigenvalue weighted by Crippen LogP contribution is -2.29. The molecule has 0 aliphatic carbocycles. The molecule has 2 aromatic heterocycles. The van der Waals surface area contributed by atoms with Gasteiger partial charge in [-0.3, -0.25) is 9.36 Å². The van der Waals surface area contributed by atoms with Crippen molar-refractivity contribution in [1.82, 2.24) is 9.55 Å². The minimum atomic E-state index is -4.23. The molecule has 0 amide bonds. The predicted octanol–water partition coefficient (Wildman–Crippen LogP) is 3.60. The molecule has 2 atom stereocenters. The molecule has 0 saturated heterocycles. The molecule has 2 heterocycles. The van der Waals surface area contributed by atoms with E-state index in [-0.39, 0.29) is 5.30 Å². The van der Waals surface area contributed by atoms with Gasteiger partial charge in [-0.25, -0.2) is 0 Å². The molecule has 132 valence electrons. The van der Waals surface area contributed by atoms with E-state index in [0.717, 1.165) is 0 Å². The number of aromatic nitrogens is 2. The number of aromatic amines is 1. The molecular formula is C17H18ClN2O4P. The Balaban J connectivity index is 2.16. The van der Waals surface area contributed by atoms with Gasteiger partial charge in [0, 0.05) is 23.3 Å². The molecule has 0 spiro atoms. The largest absolute Gasteiger partial charge is 0.364 e. The van der Waals surface area contributed by atoms with Crippen LogP contribution in [0.5, 0.6) is 0 Å². The third-order valence-corrected chi connectivity index (χ3v) is 5.87. The summed E-state index contributed by atoms with van der Waals surface area (Å²) in [6, 6.07) is 8.48. The van der Waals surface area contributed by atoms with Crippen LogP contribution in [0.15, 0.2) is 47.5 Å². The fourth-order valence-corrected chi connectivity index (χ4v) is 4.11. The summed E-state index contributed by atoms with van der Waals surface area (Å²) in [6.45, 7) is 3.52. The highest BCUT2D eigenvalue weighted by Crippen LogP contribution is 2.42. The zero-order chi connectivity index (χ0) is 18.2. The van der Waals surface area contributed by atoms with Gasteiger partial charge in [-0.05, 0) is 43.7 Å². The van der Waals surface area contributed by atoms with Crippen molar-refractivity contribution in [2.24, 2.45) is 0 Å². The number of rotatable bonds is 5. The summed E-state index contributed by atoms with van der Waals surface area (Å²) in [7, 11) is -4.23. The second kappa shape index (κ2) is 6.81. The van der Waals surface area contributed by atoms with Crippen molar-refractivity contribution < 1.29 is 14.0 Å². The molecule has 0 saturated carbocycles. The Morgan fingerprint density at radius 2 is 2.00 bits per heavy atom. The standard InChI is InChI=1S/C17H18ClN2O4P/c1-3-11(2)24-25(22,23)16-9-12-8-15(20-6-4-5-7-20)13(18)10-14(12)19-17(16)21/h4-11H,3H2,1-2H3,(H,19,21)(H,22,23). The number of hydrogen-bond acceptors (Lipinski definition) is 3. The number of H-pyrrole nitrogens is 1. The molecule has 25 heavy (non-hydrogen) atoms. The van der Waals surface area contributed by atoms with Crippen LogP contribution < -0.4 is 10.9 Å². The van der Waals surface area contributed by atoms with E-state index in [1.54, 1.807) is 19.1 Å². The first-order chi connectivity index (χ1) is 11.8. The van der Waals surface area contributed by atoms with Gasteiger partial charge in [0.15, 0.2) is 0 Å². The minimum Gasteiger partial charge on any atom is -0.322 e. The fourth-order valence-electron chi connectivity index (χ4n) is 2.48. The molecular weight excluding hydrogens is 363 g/mol. The van der Waals surface area contributed by atoms with E-state index in [4.69, 9.17) is 16.1 Å². The molecule has 0 aliphatic rings. The summed E-state index contributed by atoms with van der Waals surface area (Å²) in [5.74, 6) is 0. The average molecular weight is 381 g/mol. The molecule has 8 heteroatoms. The highest BCUT2D eigenvalue weighted by molar-refractivity contribution is 7.61. The van der Waals surface area contributed by atoms with Gasteiger partial charge in [-0.2, -0.15) is 0 Å². The lowest BCUT2D eigenvalue weighted by molar-refractivity contribution is 0.192. The number of nitrogens with zero attached hydrogens (tertiary/aromatic N) is 1. The van der Waals surface area contributed by atoms with Gasteiger partial charge in [0.05, 0.1) is 16.8 Å². The maximum Gasteiger partial charge on any atom is 0.364 e. The SMILES string of the molecule is CCC(C)OP(=O)(O)c1cc2cc(-n3cccc3)c(Cl)cc2[nH]c1=O. The van der Waals surface area contributed by atoms with Crippen LogP contribution >= 0.6 is 19.2 Å². The Morgan fingerprint density at radius 3 is 2.64 bits per heavy atom. The van der Waals surface area contributed by atoms with Crippen molar-refractivity contribution in [3.8, 4) is 5.69 Å². The van der Waals surface area contributed by atoms with E-state index < -0.39 is 19.3 Å². The zero-order valence-corrected chi connectivity index (χ0v) is 15.4. The van der Waals surface area contributed by atoms with E-state index >= 15 is 0 Å². The highest BCUT2D eigenvalue weighted by atomic mass is 35.5. The van der Waals surface area contributed by atoms with E-state index in [0.29, 0.717) is 28.0 Å². The Kier molecular flexibility index (Phi) is 4.89. The second-order valence-electron chi connectivity index (χ2n) is 5.81. The lowest BCUT2D eigenvalue weighted by atomic mass is 10.2. The first-order valence-electron chi connectivity index (χ1n) is 7.83. The zero-order valence-electron chi connectivity index (χ0n) is 13.8. The molecule has 3 rings (SSSR count). The van der Waals surface area contributed by atoms with Crippen LogP contribution in [0.4, 0.5) is 0 Å². The maximum atomic E-state index is 12.5. The van der Waals surface area contributed by atoms with Crippen LogP contribution in [-0.4, -0.2) is 20.5 Å². The molecule has 0 bridgehead atoms. The average Bonchev–Trinajstić information content (AvgIpc) is 3.07. The van der Waals surface area contributed by atoms with E-state index in [1.807, 2.05) is 36.0 Å². The molecule has 2 N–H and O–H groups in total. The van der Waals surface area contributed by atoms with Crippen LogP contribution in [0.3, 0.4) is 0 Å². The first kappa shape index (κ1) is 18.0. The number of hydrogen-bond donors (Lipinski definition) is 2. The van der Waals surface area contributed by atoms with Crippen LogP contribution in [0.25, 0.3) is 16.6 Å². The number of benzene rings is 1. The second-order valence-corrected chi connectivity index (χ2v) is 7.95. The normalized spacial score (nSPS) is 15.2. The van der Waals surface area contributed by atoms with Gasteiger partial charge in [-0.15, -0.1) is 0 Å². The van der Waals surface area contributed by atoms with Gasteiger partial charge in [0.2, 0.25) is 0 Å². The van der Waals surface area contributed by atoms with Gasteiger partial charge < -0.3 is 19.0 Å². The summed E-state index contributed by atoms with van der Waals surface area (Å²) in [5, 5.41) is 0.765. The first-order valence-corrected chi connectivity index (χ1v) is 9.79. The number of fused-ring (bicyclic) bond motifs is 1. The number of nitrogens with one attached hydrogen (secondary N) is 1. The maximum absolute atomic E-state index is 12.5. The monoisotopic (exact) mass is 380 g/mol. The van der Waals surface area contributed by atoms with Crippen LogP contribution in [-0.2, 0) is 9.09 Å². The van der Waals surface area contributed by atoms with Gasteiger partial charge in [-0.1, -0.05) is 18.5 Å². The fraction of sp³-hybridized carbons (Fsp3) is 0.235. The van der Waals surface area contributed by atoms with Crippen LogP contribution in [0.1, 0.15) is 20.3 Å². The quantitative estimate of drug-likeness (QED) is 0.662. The molecule has 2 unspecified atom stereocenters. The molecule has 6 nitrogen and oxygen atoms in total. The summed E-state index contributed by atoms with van der Waals surface area (Å²) in [4.78, 5) is 25.1. The van der Waals surface area contributed by atoms with Gasteiger partial charge in [0.25, 0.3) is 5.56 Å². The summed E-state index contributed by atoms with van der Waals surface area (Å²) in [5.41, 5.74) is 0.525. The van der Waals surface area contributed by atoms with Crippen molar-refractivity contribution in [2.45, 2.75) is 26.4 Å². The highest BCUT2D eigenvalue weighted by Gasteiger charge is 2.29. The molecule has 0 fully saturated rings. The lowest BCUT2D eigenvalue weighted by Gasteiger charge is -2.17. The van der Waals surface area contributed by atoms with Crippen molar-refractivity contribution in [3.05, 3.63) is 58.1 Å². The third-order valence-electron chi connectivity index (χ3n) is 3.98. The van der Waals surface area contributed by atoms with Crippen molar-refractivity contribution in [2.75, 3.05) is 0 Å². The Bertz CT molecular complexity index is 1010. The van der Waals surface area contributed by atoms with E-state index in [2.05, 4.69) is 4.98 Å². The molecule has 0 aliphatic heterocycles. The summed E-state index contributed by atoms with van der Waals surface area (Å²) >= 11 is 6.29. The number of pyridine rings is 1. The topological polar surface area (TPSA) is 84.3 Å². The summed E-state index contributed by atoms with van der Waals surface area (Å²) < 4.78 is 19.5. The van der Waals surface area contributed by atoms with Crippen molar-refractivity contribution in [1.29, 1.82) is 0 Å². The predicted molar refractivity (Wildman–Crippen MR) is 99.2 cm³/mol. The third kappa shape index (κ3) is 3.58. The Morgan fingerprint density at radius 1 is 1.32 bits per heavy atom. The number of halogens is 1. The van der Waals surface area contributed by atoms with Gasteiger partial charge >= 0.3 is 7.60 Å². The van der Waals surface area contributed by atoms with Crippen molar-refractivity contribution in [3.63, 3.8) is 0 Å². The Hall–Kier alpha value is -1.85. The van der Waals surface area contributed by atoms with Crippen molar-refractivity contribution >= 4 is 35.4 Å². The van der Waals surface area contributed by atoms with Crippen LogP contribution in [0.2, 0.25) is 5.02 Å². The molecule has 1 aromatic carbocycles. The van der Waals surface area contributed by atoms with E-state index in [1.165, 1.54) is 6.07 Å². The Labute approximate surface area is 149 Å². The van der Waals surface area contributed by atoms with Gasteiger partial charge in [0.1, 0.15) is 5.30 Å². The molecule has 0 radical (unpaired) electrons. The smallest absolute Gasteiger partial charge is 0.322 e.